The van der Waals surface area contributed by atoms with Gasteiger partial charge in [-0.15, -0.1) is 0 Å². The van der Waals surface area contributed by atoms with Crippen molar-refractivity contribution in [1.29, 1.82) is 0 Å². The van der Waals surface area contributed by atoms with Crippen LogP contribution in [0.2, 0.25) is 0 Å². The molecule has 0 spiro atoms. The molecule has 0 heterocycles. The van der Waals surface area contributed by atoms with Crippen molar-refractivity contribution in [3.8, 4) is 0 Å². The van der Waals surface area contributed by atoms with Crippen LogP contribution >= 0.6 is 0 Å². The lowest BCUT2D eigenvalue weighted by atomic mass is 9.98. The van der Waals surface area contributed by atoms with E-state index in [0.717, 1.165) is 0 Å². The molecule has 0 aliphatic heterocycles. The third-order valence-electron chi connectivity index (χ3n) is 4.34. The molecule has 0 radical (unpaired) electrons. The highest BCUT2D eigenvalue weighted by Gasteiger charge is 2.25. The van der Waals surface area contributed by atoms with E-state index >= 15 is 0 Å². The number of hydrogen-bond acceptors (Lipinski definition) is 4. The van der Waals surface area contributed by atoms with Crippen LogP contribution in [0.3, 0.4) is 0 Å². The maximum atomic E-state index is 12.6. The molecule has 146 valence electrons. The van der Waals surface area contributed by atoms with Gasteiger partial charge in [0.25, 0.3) is 5.69 Å². The van der Waals surface area contributed by atoms with Gasteiger partial charge in [-0.3, -0.25) is 19.7 Å². The smallest absolute Gasteiger partial charge is 0.270 e. The Bertz CT molecular complexity index is 865. The number of para-hydroxylation sites is 1. The number of nitrogens with one attached hydrogen (secondary N) is 2. The van der Waals surface area contributed by atoms with Crippen LogP contribution in [-0.4, -0.2) is 22.8 Å². The molecule has 2 N–H and O–H groups in total. The molecule has 7 nitrogen and oxygen atoms in total. The number of carbonyl (C=O) groups is 2. The van der Waals surface area contributed by atoms with Gasteiger partial charge < -0.3 is 10.6 Å². The number of anilines is 1. The summed E-state index contributed by atoms with van der Waals surface area (Å²) in [7, 11) is 0. The zero-order chi connectivity index (χ0) is 20.5. The molecule has 0 aliphatic rings. The van der Waals surface area contributed by atoms with Gasteiger partial charge >= 0.3 is 0 Å². The summed E-state index contributed by atoms with van der Waals surface area (Å²) in [5, 5.41) is 16.4. The minimum absolute atomic E-state index is 0.0534. The molecule has 0 bridgehead atoms. The highest BCUT2D eigenvalue weighted by atomic mass is 16.6. The maximum Gasteiger partial charge on any atom is 0.270 e. The second kappa shape index (κ2) is 10.0. The van der Waals surface area contributed by atoms with Crippen LogP contribution in [0, 0.1) is 16.0 Å². The van der Waals surface area contributed by atoms with E-state index in [2.05, 4.69) is 10.6 Å². The number of rotatable bonds is 8. The van der Waals surface area contributed by atoms with Crippen molar-refractivity contribution in [1.82, 2.24) is 5.32 Å². The van der Waals surface area contributed by atoms with Crippen LogP contribution in [-0.2, 0) is 9.59 Å². The SMILES string of the molecule is CC[C@H](C)[C@H](NC(=O)/C=C/c1cccc([N+](=O)[O-])c1)C(=O)Nc1ccccc1. The Morgan fingerprint density at radius 1 is 1.14 bits per heavy atom. The Morgan fingerprint density at radius 2 is 1.86 bits per heavy atom. The molecule has 0 aromatic heterocycles. The van der Waals surface area contributed by atoms with Gasteiger partial charge in [-0.2, -0.15) is 0 Å². The first-order valence-corrected chi connectivity index (χ1v) is 8.99. The molecular weight excluding hydrogens is 358 g/mol. The van der Waals surface area contributed by atoms with Crippen LogP contribution in [0.15, 0.2) is 60.7 Å². The highest BCUT2D eigenvalue weighted by Crippen LogP contribution is 2.15. The molecule has 0 fully saturated rings. The Hall–Kier alpha value is -3.48. The lowest BCUT2D eigenvalue weighted by Gasteiger charge is -2.23. The molecule has 2 aromatic rings. The zero-order valence-electron chi connectivity index (χ0n) is 15.8. The standard InChI is InChI=1S/C21H23N3O4/c1-3-15(2)20(21(26)22-17-9-5-4-6-10-17)23-19(25)13-12-16-8-7-11-18(14-16)24(27)28/h4-15,20H,3H2,1-2H3,(H,22,26)(H,23,25)/b13-12+/t15-,20-/m0/s1. The number of nitrogens with zero attached hydrogens (tertiary/aromatic N) is 1. The first kappa shape index (κ1) is 20.8. The van der Waals surface area contributed by atoms with E-state index < -0.39 is 16.9 Å². The summed E-state index contributed by atoms with van der Waals surface area (Å²) in [5.41, 5.74) is 1.13. The largest absolute Gasteiger partial charge is 0.340 e. The zero-order valence-corrected chi connectivity index (χ0v) is 15.8. The van der Waals surface area contributed by atoms with Gasteiger partial charge in [0.15, 0.2) is 0 Å². The summed E-state index contributed by atoms with van der Waals surface area (Å²) in [4.78, 5) is 35.3. The lowest BCUT2D eigenvalue weighted by Crippen LogP contribution is -2.47. The van der Waals surface area contributed by atoms with Crippen molar-refractivity contribution in [2.45, 2.75) is 26.3 Å². The van der Waals surface area contributed by atoms with E-state index in [1.54, 1.807) is 24.3 Å². The molecule has 0 saturated carbocycles. The van der Waals surface area contributed by atoms with Gasteiger partial charge in [-0.25, -0.2) is 0 Å². The van der Waals surface area contributed by atoms with Gasteiger partial charge in [0.05, 0.1) is 4.92 Å². The van der Waals surface area contributed by atoms with Crippen molar-refractivity contribution < 1.29 is 14.5 Å². The van der Waals surface area contributed by atoms with Crippen molar-refractivity contribution in [3.05, 3.63) is 76.4 Å². The third kappa shape index (κ3) is 6.05. The van der Waals surface area contributed by atoms with Crippen molar-refractivity contribution in [2.75, 3.05) is 5.32 Å². The monoisotopic (exact) mass is 381 g/mol. The van der Waals surface area contributed by atoms with E-state index in [1.165, 1.54) is 24.3 Å². The summed E-state index contributed by atoms with van der Waals surface area (Å²) >= 11 is 0. The molecule has 2 rings (SSSR count). The van der Waals surface area contributed by atoms with Crippen LogP contribution in [0.5, 0.6) is 0 Å². The molecule has 7 heteroatoms. The van der Waals surface area contributed by atoms with Crippen LogP contribution in [0.4, 0.5) is 11.4 Å². The predicted octanol–water partition coefficient (Wildman–Crippen LogP) is 3.78. The van der Waals surface area contributed by atoms with Gasteiger partial charge in [0.2, 0.25) is 11.8 Å². The minimum atomic E-state index is -0.701. The van der Waals surface area contributed by atoms with Gasteiger partial charge in [0.1, 0.15) is 6.04 Å². The number of benzene rings is 2. The van der Waals surface area contributed by atoms with Crippen LogP contribution in [0.1, 0.15) is 25.8 Å². The Kier molecular flexibility index (Phi) is 7.45. The van der Waals surface area contributed by atoms with Gasteiger partial charge in [-0.05, 0) is 29.7 Å². The number of carbonyl (C=O) groups excluding carboxylic acids is 2. The number of non-ortho nitro benzene ring substituents is 1. The van der Waals surface area contributed by atoms with E-state index in [9.17, 15) is 19.7 Å². The molecule has 2 amide bonds. The summed E-state index contributed by atoms with van der Waals surface area (Å²) in [6.07, 6.45) is 3.46. The van der Waals surface area contributed by atoms with Crippen molar-refractivity contribution >= 4 is 29.3 Å². The second-order valence-electron chi connectivity index (χ2n) is 6.41. The predicted molar refractivity (Wildman–Crippen MR) is 109 cm³/mol. The molecule has 0 unspecified atom stereocenters. The number of hydrogen-bond donors (Lipinski definition) is 2. The Labute approximate surface area is 163 Å². The number of nitro groups is 1. The average Bonchev–Trinajstić information content (AvgIpc) is 2.70. The average molecular weight is 381 g/mol. The molecular formula is C21H23N3O4. The summed E-state index contributed by atoms with van der Waals surface area (Å²) < 4.78 is 0. The van der Waals surface area contributed by atoms with E-state index in [4.69, 9.17) is 0 Å². The maximum absolute atomic E-state index is 12.6. The lowest BCUT2D eigenvalue weighted by molar-refractivity contribution is -0.384. The molecule has 28 heavy (non-hydrogen) atoms. The fourth-order valence-corrected chi connectivity index (χ4v) is 2.56. The fraction of sp³-hybridized carbons (Fsp3) is 0.238. The van der Waals surface area contributed by atoms with Crippen LogP contribution < -0.4 is 10.6 Å². The quantitative estimate of drug-likeness (QED) is 0.413. The topological polar surface area (TPSA) is 101 Å². The summed E-state index contributed by atoms with van der Waals surface area (Å²) in [6.45, 7) is 3.83. The summed E-state index contributed by atoms with van der Waals surface area (Å²) in [6, 6.07) is 14.3. The van der Waals surface area contributed by atoms with Gasteiger partial charge in [0, 0.05) is 23.9 Å². The third-order valence-corrected chi connectivity index (χ3v) is 4.34. The van der Waals surface area contributed by atoms with E-state index in [-0.39, 0.29) is 17.5 Å². The first-order chi connectivity index (χ1) is 13.4. The van der Waals surface area contributed by atoms with Crippen molar-refractivity contribution in [2.24, 2.45) is 5.92 Å². The normalized spacial score (nSPS) is 12.9. The Morgan fingerprint density at radius 3 is 2.50 bits per heavy atom. The minimum Gasteiger partial charge on any atom is -0.340 e. The second-order valence-corrected chi connectivity index (χ2v) is 6.41. The Balaban J connectivity index is 2.07. The summed E-state index contributed by atoms with van der Waals surface area (Å²) in [5.74, 6) is -0.809. The molecule has 2 atom stereocenters. The molecule has 0 saturated heterocycles. The van der Waals surface area contributed by atoms with Gasteiger partial charge in [-0.1, -0.05) is 50.6 Å². The van der Waals surface area contributed by atoms with E-state index in [0.29, 0.717) is 17.7 Å². The van der Waals surface area contributed by atoms with E-state index in [1.807, 2.05) is 32.0 Å². The fourth-order valence-electron chi connectivity index (χ4n) is 2.56. The number of nitro benzene ring substituents is 1. The van der Waals surface area contributed by atoms with Crippen molar-refractivity contribution in [3.63, 3.8) is 0 Å². The first-order valence-electron chi connectivity index (χ1n) is 8.99. The van der Waals surface area contributed by atoms with Crippen LogP contribution in [0.25, 0.3) is 6.08 Å². The molecule has 0 aliphatic carbocycles. The highest BCUT2D eigenvalue weighted by molar-refractivity contribution is 6.00. The molecule has 2 aromatic carbocycles. The number of amides is 2.